The average Bonchev–Trinajstić information content (AvgIpc) is 3.55. The van der Waals surface area contributed by atoms with Crippen LogP contribution in [0, 0.1) is 11.3 Å². The molecule has 4 aliphatic rings. The molecule has 0 N–H and O–H groups in total. The molecule has 2 aliphatic heterocycles. The fourth-order valence-corrected chi connectivity index (χ4v) is 6.85. The van der Waals surface area contributed by atoms with Gasteiger partial charge in [0.1, 0.15) is 5.75 Å². The Labute approximate surface area is 208 Å². The maximum absolute atomic E-state index is 13.9. The second kappa shape index (κ2) is 8.24. The van der Waals surface area contributed by atoms with E-state index in [2.05, 4.69) is 35.8 Å². The minimum absolute atomic E-state index is 0.0791. The van der Waals surface area contributed by atoms with Crippen LogP contribution in [0.15, 0.2) is 35.9 Å². The van der Waals surface area contributed by atoms with Gasteiger partial charge in [-0.15, -0.1) is 0 Å². The zero-order valence-corrected chi connectivity index (χ0v) is 21.0. The molecule has 5 nitrogen and oxygen atoms in total. The molecule has 5 heteroatoms. The largest absolute Gasteiger partial charge is 0.495 e. The Balaban J connectivity index is 1.36. The highest BCUT2D eigenvalue weighted by atomic mass is 16.5. The highest BCUT2D eigenvalue weighted by molar-refractivity contribution is 6.33. The van der Waals surface area contributed by atoms with Crippen molar-refractivity contribution in [1.82, 2.24) is 4.90 Å². The lowest BCUT2D eigenvalue weighted by atomic mass is 9.68. The number of hydrogen-bond donors (Lipinski definition) is 0. The SMILES string of the molecule is COc1cc2c(cc1N1CCC(N3CCCC3)CC1)C(C)(C)C1=C(C2=O)c2ccc(C#N)cc2C1. The predicted molar refractivity (Wildman–Crippen MR) is 138 cm³/mol. The van der Waals surface area contributed by atoms with Crippen LogP contribution < -0.4 is 9.64 Å². The summed E-state index contributed by atoms with van der Waals surface area (Å²) in [4.78, 5) is 19.0. The number of rotatable bonds is 3. The van der Waals surface area contributed by atoms with Gasteiger partial charge in [0.25, 0.3) is 0 Å². The molecule has 0 atom stereocenters. The smallest absolute Gasteiger partial charge is 0.194 e. The predicted octanol–water partition coefficient (Wildman–Crippen LogP) is 5.12. The number of carbonyl (C=O) groups excluding carboxylic acids is 1. The summed E-state index contributed by atoms with van der Waals surface area (Å²) in [6.45, 7) is 9.00. The third-order valence-electron chi connectivity index (χ3n) is 8.85. The van der Waals surface area contributed by atoms with Crippen molar-refractivity contribution in [2.75, 3.05) is 38.2 Å². The molecule has 2 saturated heterocycles. The van der Waals surface area contributed by atoms with Crippen LogP contribution in [0.3, 0.4) is 0 Å². The van der Waals surface area contributed by atoms with Gasteiger partial charge in [0.05, 0.1) is 24.4 Å². The summed E-state index contributed by atoms with van der Waals surface area (Å²) in [5.41, 5.74) is 7.37. The van der Waals surface area contributed by atoms with E-state index in [1.54, 1.807) is 7.11 Å². The van der Waals surface area contributed by atoms with Crippen molar-refractivity contribution in [2.45, 2.75) is 57.4 Å². The molecule has 2 fully saturated rings. The van der Waals surface area contributed by atoms with E-state index in [0.29, 0.717) is 11.6 Å². The summed E-state index contributed by atoms with van der Waals surface area (Å²) >= 11 is 0. The highest BCUT2D eigenvalue weighted by Crippen LogP contribution is 2.52. The van der Waals surface area contributed by atoms with Gasteiger partial charge in [0.2, 0.25) is 0 Å². The molecule has 0 bridgehead atoms. The van der Waals surface area contributed by atoms with Gasteiger partial charge in [0, 0.05) is 35.7 Å². The van der Waals surface area contributed by atoms with E-state index in [1.807, 2.05) is 24.3 Å². The zero-order valence-electron chi connectivity index (χ0n) is 21.0. The Kier molecular flexibility index (Phi) is 5.27. The number of benzene rings is 2. The van der Waals surface area contributed by atoms with Crippen molar-refractivity contribution in [1.29, 1.82) is 5.26 Å². The van der Waals surface area contributed by atoms with E-state index in [4.69, 9.17) is 4.74 Å². The molecule has 0 spiro atoms. The molecule has 180 valence electrons. The number of carbonyl (C=O) groups is 1. The number of allylic oxidation sites excluding steroid dienone is 2. The number of likely N-dealkylation sites (tertiary alicyclic amines) is 1. The van der Waals surface area contributed by atoms with Crippen LogP contribution in [0.4, 0.5) is 5.69 Å². The first-order valence-corrected chi connectivity index (χ1v) is 13.0. The van der Waals surface area contributed by atoms with Crippen LogP contribution in [0.2, 0.25) is 0 Å². The van der Waals surface area contributed by atoms with Crippen LogP contribution in [0.25, 0.3) is 5.57 Å². The molecule has 0 radical (unpaired) electrons. The molecule has 0 unspecified atom stereocenters. The van der Waals surface area contributed by atoms with Crippen molar-refractivity contribution < 1.29 is 9.53 Å². The van der Waals surface area contributed by atoms with Gasteiger partial charge in [-0.2, -0.15) is 5.26 Å². The average molecular weight is 468 g/mol. The molecule has 2 aromatic rings. The lowest BCUT2D eigenvalue weighted by Crippen LogP contribution is -2.44. The number of ketones is 1. The first-order valence-electron chi connectivity index (χ1n) is 13.0. The lowest BCUT2D eigenvalue weighted by Gasteiger charge is -2.40. The summed E-state index contributed by atoms with van der Waals surface area (Å²) in [5.74, 6) is 0.866. The van der Waals surface area contributed by atoms with Gasteiger partial charge in [0.15, 0.2) is 5.78 Å². The Bertz CT molecular complexity index is 1290. The number of hydrogen-bond acceptors (Lipinski definition) is 5. The van der Waals surface area contributed by atoms with Gasteiger partial charge >= 0.3 is 0 Å². The van der Waals surface area contributed by atoms with Crippen LogP contribution >= 0.6 is 0 Å². The molecule has 2 heterocycles. The van der Waals surface area contributed by atoms with E-state index < -0.39 is 0 Å². The minimum Gasteiger partial charge on any atom is -0.495 e. The third-order valence-corrected chi connectivity index (χ3v) is 8.85. The number of nitriles is 1. The summed E-state index contributed by atoms with van der Waals surface area (Å²) in [5, 5.41) is 9.36. The van der Waals surface area contributed by atoms with Gasteiger partial charge in [-0.1, -0.05) is 19.9 Å². The molecule has 35 heavy (non-hydrogen) atoms. The number of ether oxygens (including phenoxy) is 1. The molecule has 2 aliphatic carbocycles. The second-order valence-electron chi connectivity index (χ2n) is 11.0. The maximum Gasteiger partial charge on any atom is 0.194 e. The Morgan fingerprint density at radius 2 is 1.77 bits per heavy atom. The van der Waals surface area contributed by atoms with Gasteiger partial charge in [-0.25, -0.2) is 0 Å². The van der Waals surface area contributed by atoms with Crippen LogP contribution in [0.1, 0.15) is 72.1 Å². The number of fused-ring (bicyclic) bond motifs is 3. The molecule has 0 saturated carbocycles. The lowest BCUT2D eigenvalue weighted by molar-refractivity contribution is 0.105. The fourth-order valence-electron chi connectivity index (χ4n) is 6.85. The van der Waals surface area contributed by atoms with Crippen LogP contribution in [0.5, 0.6) is 5.75 Å². The van der Waals surface area contributed by atoms with Crippen LogP contribution in [-0.4, -0.2) is 50.0 Å². The standard InChI is InChI=1S/C30H33N3O2/c1-30(2)24-17-26(33-12-8-21(9-13-33)32-10-4-5-11-32)27(35-3)16-23(24)29(34)28-22-7-6-19(18-31)14-20(22)15-25(28)30/h6-7,14,16-17,21H,4-5,8-13,15H2,1-3H3. The Morgan fingerprint density at radius 1 is 1.03 bits per heavy atom. The first-order chi connectivity index (χ1) is 16.9. The van der Waals surface area contributed by atoms with Crippen molar-refractivity contribution >= 4 is 17.0 Å². The number of Topliss-reactive ketones (excluding diaryl/α,β-unsaturated/α-hetero) is 1. The molecular weight excluding hydrogens is 434 g/mol. The van der Waals surface area contributed by atoms with Crippen molar-refractivity contribution in [3.8, 4) is 11.8 Å². The van der Waals surface area contributed by atoms with Crippen molar-refractivity contribution in [3.05, 3.63) is 63.7 Å². The molecule has 0 aromatic heterocycles. The Morgan fingerprint density at radius 3 is 2.46 bits per heavy atom. The zero-order chi connectivity index (χ0) is 24.3. The Hall–Kier alpha value is -3.10. The summed E-state index contributed by atoms with van der Waals surface area (Å²) in [6.07, 6.45) is 5.74. The highest BCUT2D eigenvalue weighted by Gasteiger charge is 2.43. The number of nitrogens with zero attached hydrogens (tertiary/aromatic N) is 3. The van der Waals surface area contributed by atoms with Crippen molar-refractivity contribution in [2.24, 2.45) is 0 Å². The number of methoxy groups -OCH3 is 1. The normalized spacial score (nSPS) is 21.5. The monoisotopic (exact) mass is 467 g/mol. The minimum atomic E-state index is -0.278. The number of piperidine rings is 1. The number of anilines is 1. The fraction of sp³-hybridized carbons (Fsp3) is 0.467. The van der Waals surface area contributed by atoms with E-state index in [9.17, 15) is 10.1 Å². The van der Waals surface area contributed by atoms with Crippen LogP contribution in [-0.2, 0) is 11.8 Å². The molecule has 2 aromatic carbocycles. The van der Waals surface area contributed by atoms with Crippen molar-refractivity contribution in [3.63, 3.8) is 0 Å². The molecular formula is C30H33N3O2. The topological polar surface area (TPSA) is 56.6 Å². The van der Waals surface area contributed by atoms with E-state index in [-0.39, 0.29) is 11.2 Å². The summed E-state index contributed by atoms with van der Waals surface area (Å²) < 4.78 is 5.86. The van der Waals surface area contributed by atoms with Gasteiger partial charge in [-0.3, -0.25) is 4.79 Å². The van der Waals surface area contributed by atoms with E-state index in [1.165, 1.54) is 44.3 Å². The van der Waals surface area contributed by atoms with E-state index in [0.717, 1.165) is 58.8 Å². The van der Waals surface area contributed by atoms with E-state index >= 15 is 0 Å². The maximum atomic E-state index is 13.9. The third kappa shape index (κ3) is 3.42. The van der Waals surface area contributed by atoms with Gasteiger partial charge in [-0.05, 0) is 91.7 Å². The summed E-state index contributed by atoms with van der Waals surface area (Å²) in [6, 6.07) is 12.9. The first kappa shape index (κ1) is 22.4. The molecule has 0 amide bonds. The quantitative estimate of drug-likeness (QED) is 0.628. The van der Waals surface area contributed by atoms with Gasteiger partial charge < -0.3 is 14.5 Å². The second-order valence-corrected chi connectivity index (χ2v) is 11.0. The molecule has 6 rings (SSSR count). The summed E-state index contributed by atoms with van der Waals surface area (Å²) in [7, 11) is 1.71.